The molecule has 3 heteroatoms. The standard InChI is InChI=1S/C16H36P.BrH.Li/c1-5-9-13-17(14-10-6-2,15-11-7-3)16-12-8-4;;/h5-16H2,1-4H3;1H;/q+1;;/p-1. The number of hydrogen-bond acceptors (Lipinski definition) is 0. The summed E-state index contributed by atoms with van der Waals surface area (Å²) in [4.78, 5) is 0. The minimum absolute atomic E-state index is 0. The van der Waals surface area contributed by atoms with Gasteiger partial charge in [-0.25, -0.2) is 0 Å². The van der Waals surface area contributed by atoms with E-state index in [1.54, 1.807) is 24.6 Å². The number of halogens is 1. The summed E-state index contributed by atoms with van der Waals surface area (Å²) >= 11 is 0. The summed E-state index contributed by atoms with van der Waals surface area (Å²) in [5.41, 5.74) is 0. The predicted molar refractivity (Wildman–Crippen MR) is 91.8 cm³/mol. The van der Waals surface area contributed by atoms with Crippen LogP contribution >= 0.6 is 7.26 Å². The molecule has 19 heavy (non-hydrogen) atoms. The topological polar surface area (TPSA) is 0 Å². The molecule has 0 N–H and O–H groups in total. The minimum atomic E-state index is -0.562. The molecule has 0 aromatic heterocycles. The molecule has 0 bridgehead atoms. The van der Waals surface area contributed by atoms with Crippen LogP contribution in [0.5, 0.6) is 0 Å². The van der Waals surface area contributed by atoms with E-state index in [-0.39, 0.29) is 35.8 Å². The van der Waals surface area contributed by atoms with E-state index in [1.807, 2.05) is 0 Å². The molecule has 1 radical (unpaired) electrons. The SMILES string of the molecule is CCCC[P+](CCCC)(CCCC)CCCC.[Br-].[Li]. The number of hydrogen-bond donors (Lipinski definition) is 0. The Bertz CT molecular complexity index is 127. The van der Waals surface area contributed by atoms with Gasteiger partial charge in [0.2, 0.25) is 0 Å². The van der Waals surface area contributed by atoms with Crippen LogP contribution in [0.15, 0.2) is 0 Å². The Morgan fingerprint density at radius 1 is 0.526 bits per heavy atom. The third kappa shape index (κ3) is 12.9. The molecule has 0 atom stereocenters. The van der Waals surface area contributed by atoms with Crippen LogP contribution in [0.2, 0.25) is 0 Å². The Morgan fingerprint density at radius 2 is 0.737 bits per heavy atom. The Balaban J connectivity index is -0.00000128. The van der Waals surface area contributed by atoms with E-state index >= 15 is 0 Å². The molecule has 0 aromatic rings. The van der Waals surface area contributed by atoms with Crippen molar-refractivity contribution in [1.29, 1.82) is 0 Å². The van der Waals surface area contributed by atoms with Gasteiger partial charge in [-0.3, -0.25) is 0 Å². The van der Waals surface area contributed by atoms with Gasteiger partial charge in [-0.15, -0.1) is 0 Å². The van der Waals surface area contributed by atoms with Crippen LogP contribution in [-0.2, 0) is 0 Å². The summed E-state index contributed by atoms with van der Waals surface area (Å²) in [6, 6.07) is 0. The van der Waals surface area contributed by atoms with Gasteiger partial charge in [-0.2, -0.15) is 0 Å². The first kappa shape index (κ1) is 25.5. The first-order valence-corrected chi connectivity index (χ1v) is 10.6. The maximum atomic E-state index is 2.36. The molecule has 0 unspecified atom stereocenters. The van der Waals surface area contributed by atoms with Gasteiger partial charge >= 0.3 is 0 Å². The summed E-state index contributed by atoms with van der Waals surface area (Å²) in [7, 11) is -0.562. The van der Waals surface area contributed by atoms with Crippen LogP contribution in [0.4, 0.5) is 0 Å². The van der Waals surface area contributed by atoms with E-state index < -0.39 is 7.26 Å². The van der Waals surface area contributed by atoms with Gasteiger partial charge in [0.1, 0.15) is 0 Å². The third-order valence-corrected chi connectivity index (χ3v) is 9.00. The number of rotatable bonds is 12. The molecular weight excluding hydrogens is 310 g/mol. The fourth-order valence-electron chi connectivity index (χ4n) is 2.64. The minimum Gasteiger partial charge on any atom is -1.00 e. The van der Waals surface area contributed by atoms with E-state index in [1.165, 1.54) is 51.4 Å². The maximum absolute atomic E-state index is 2.36. The van der Waals surface area contributed by atoms with E-state index in [9.17, 15) is 0 Å². The molecule has 0 rings (SSSR count). The van der Waals surface area contributed by atoms with Gasteiger partial charge < -0.3 is 17.0 Å². The molecule has 0 heterocycles. The fraction of sp³-hybridized carbons (Fsp3) is 1.00. The second-order valence-electron chi connectivity index (χ2n) is 5.65. The van der Waals surface area contributed by atoms with Gasteiger partial charge in [0.15, 0.2) is 0 Å². The van der Waals surface area contributed by atoms with Gasteiger partial charge in [0.25, 0.3) is 0 Å². The molecule has 0 spiro atoms. The van der Waals surface area contributed by atoms with Crippen LogP contribution in [-0.4, -0.2) is 43.5 Å². The Morgan fingerprint density at radius 3 is 0.895 bits per heavy atom. The van der Waals surface area contributed by atoms with Crippen molar-refractivity contribution < 1.29 is 17.0 Å². The van der Waals surface area contributed by atoms with Crippen molar-refractivity contribution in [2.75, 3.05) is 24.6 Å². The van der Waals surface area contributed by atoms with Crippen molar-refractivity contribution in [3.05, 3.63) is 0 Å². The van der Waals surface area contributed by atoms with Crippen LogP contribution in [0.1, 0.15) is 79.1 Å². The summed E-state index contributed by atoms with van der Waals surface area (Å²) in [5, 5.41) is 0. The van der Waals surface area contributed by atoms with E-state index in [4.69, 9.17) is 0 Å². The largest absolute Gasteiger partial charge is 1.00 e. The molecule has 0 amide bonds. The monoisotopic (exact) mass is 345 g/mol. The van der Waals surface area contributed by atoms with Crippen molar-refractivity contribution in [1.82, 2.24) is 0 Å². The molecule has 0 fully saturated rings. The number of unbranched alkanes of at least 4 members (excludes halogenated alkanes) is 4. The normalized spacial score (nSPS) is 10.7. The maximum Gasteiger partial charge on any atom is 0.0594 e. The zero-order chi connectivity index (χ0) is 13.0. The average Bonchev–Trinajstić information content (AvgIpc) is 2.37. The van der Waals surface area contributed by atoms with Crippen LogP contribution in [0.25, 0.3) is 0 Å². The quantitative estimate of drug-likeness (QED) is 0.377. The van der Waals surface area contributed by atoms with Crippen LogP contribution in [0.3, 0.4) is 0 Å². The van der Waals surface area contributed by atoms with E-state index in [2.05, 4.69) is 27.7 Å². The summed E-state index contributed by atoms with van der Waals surface area (Å²) in [6.07, 6.45) is 17.9. The van der Waals surface area contributed by atoms with Gasteiger partial charge in [-0.1, -0.05) is 53.4 Å². The van der Waals surface area contributed by atoms with Crippen LogP contribution in [0, 0.1) is 0 Å². The zero-order valence-corrected chi connectivity index (χ0v) is 16.8. The second kappa shape index (κ2) is 17.6. The van der Waals surface area contributed by atoms with E-state index in [0.717, 1.165) is 0 Å². The van der Waals surface area contributed by atoms with Crippen molar-refractivity contribution in [3.8, 4) is 0 Å². The van der Waals surface area contributed by atoms with Gasteiger partial charge in [-0.05, 0) is 25.7 Å². The Labute approximate surface area is 146 Å². The molecule has 0 aromatic carbocycles. The van der Waals surface area contributed by atoms with Crippen molar-refractivity contribution in [2.45, 2.75) is 79.1 Å². The average molecular weight is 346 g/mol. The summed E-state index contributed by atoms with van der Waals surface area (Å²) in [6.45, 7) is 9.42. The summed E-state index contributed by atoms with van der Waals surface area (Å²) < 4.78 is 0. The van der Waals surface area contributed by atoms with Crippen molar-refractivity contribution >= 4 is 26.1 Å². The molecule has 0 saturated heterocycles. The molecule has 0 nitrogen and oxygen atoms in total. The van der Waals surface area contributed by atoms with Crippen molar-refractivity contribution in [2.24, 2.45) is 0 Å². The van der Waals surface area contributed by atoms with Gasteiger partial charge in [0.05, 0.1) is 24.6 Å². The molecule has 0 aliphatic heterocycles. The third-order valence-electron chi connectivity index (χ3n) is 3.94. The molecule has 0 saturated carbocycles. The fourth-order valence-corrected chi connectivity index (χ4v) is 7.93. The van der Waals surface area contributed by atoms with E-state index in [0.29, 0.717) is 0 Å². The first-order valence-electron chi connectivity index (χ1n) is 8.09. The Kier molecular flexibility index (Phi) is 23.5. The Hall–Kier alpha value is 1.51. The molecular formula is C16H36BrLiP. The second-order valence-corrected chi connectivity index (χ2v) is 10.1. The predicted octanol–water partition coefficient (Wildman–Crippen LogP) is 2.83. The van der Waals surface area contributed by atoms with Crippen molar-refractivity contribution in [3.63, 3.8) is 0 Å². The smallest absolute Gasteiger partial charge is 0.0594 e. The molecule has 0 aliphatic carbocycles. The van der Waals surface area contributed by atoms with Crippen LogP contribution < -0.4 is 17.0 Å². The van der Waals surface area contributed by atoms with Gasteiger partial charge in [0, 0.05) is 26.1 Å². The summed E-state index contributed by atoms with van der Waals surface area (Å²) in [5.74, 6) is 0. The molecule has 0 aliphatic rings. The molecule has 113 valence electrons. The first-order chi connectivity index (χ1) is 8.24. The zero-order valence-electron chi connectivity index (χ0n) is 14.3.